The third-order valence-corrected chi connectivity index (χ3v) is 4.06. The molecule has 21 heavy (non-hydrogen) atoms. The molecule has 0 saturated carbocycles. The van der Waals surface area contributed by atoms with Crippen LogP contribution in [0.1, 0.15) is 18.4 Å². The molecule has 0 radical (unpaired) electrons. The summed E-state index contributed by atoms with van der Waals surface area (Å²) in [6.07, 6.45) is 1.61. The SMILES string of the molecule is CN(CC(O)COCc1ccc(Cl)cc1)C1CCOCC1. The number of likely N-dealkylation sites (N-methyl/N-ethyl adjacent to an activating group) is 1. The lowest BCUT2D eigenvalue weighted by Crippen LogP contribution is -2.42. The Morgan fingerprint density at radius 2 is 2.00 bits per heavy atom. The second kappa shape index (κ2) is 8.71. The van der Waals surface area contributed by atoms with Crippen molar-refractivity contribution in [1.82, 2.24) is 4.90 Å². The van der Waals surface area contributed by atoms with Crippen molar-refractivity contribution in [1.29, 1.82) is 0 Å². The first-order valence-corrected chi connectivity index (χ1v) is 7.81. The van der Waals surface area contributed by atoms with E-state index in [1.54, 1.807) is 0 Å². The van der Waals surface area contributed by atoms with E-state index in [9.17, 15) is 5.11 Å². The molecule has 1 aromatic carbocycles. The zero-order chi connectivity index (χ0) is 15.1. The maximum atomic E-state index is 10.1. The molecule has 0 spiro atoms. The van der Waals surface area contributed by atoms with Crippen LogP contribution in [0.25, 0.3) is 0 Å². The second-order valence-corrected chi connectivity index (χ2v) is 6.01. The lowest BCUT2D eigenvalue weighted by Gasteiger charge is -2.32. The summed E-state index contributed by atoms with van der Waals surface area (Å²) >= 11 is 5.83. The summed E-state index contributed by atoms with van der Waals surface area (Å²) in [4.78, 5) is 2.21. The Labute approximate surface area is 131 Å². The number of ether oxygens (including phenoxy) is 2. The number of hydrogen-bond donors (Lipinski definition) is 1. The fourth-order valence-electron chi connectivity index (χ4n) is 2.55. The Morgan fingerprint density at radius 1 is 1.33 bits per heavy atom. The van der Waals surface area contributed by atoms with Gasteiger partial charge in [-0.3, -0.25) is 0 Å². The van der Waals surface area contributed by atoms with Crippen LogP contribution in [-0.4, -0.2) is 55.6 Å². The number of nitrogens with zero attached hydrogens (tertiary/aromatic N) is 1. The van der Waals surface area contributed by atoms with Crippen molar-refractivity contribution in [2.24, 2.45) is 0 Å². The number of rotatable bonds is 7. The maximum Gasteiger partial charge on any atom is 0.0900 e. The van der Waals surface area contributed by atoms with E-state index < -0.39 is 6.10 Å². The summed E-state index contributed by atoms with van der Waals surface area (Å²) in [5.74, 6) is 0. The van der Waals surface area contributed by atoms with Gasteiger partial charge in [-0.25, -0.2) is 0 Å². The fraction of sp³-hybridized carbons (Fsp3) is 0.625. The van der Waals surface area contributed by atoms with E-state index in [1.165, 1.54) is 0 Å². The lowest BCUT2D eigenvalue weighted by molar-refractivity contribution is -0.00901. The minimum absolute atomic E-state index is 0.343. The average molecular weight is 314 g/mol. The van der Waals surface area contributed by atoms with Gasteiger partial charge < -0.3 is 19.5 Å². The van der Waals surface area contributed by atoms with Crippen molar-refractivity contribution < 1.29 is 14.6 Å². The Balaban J connectivity index is 1.64. The Bertz CT molecular complexity index is 406. The first-order valence-electron chi connectivity index (χ1n) is 7.43. The maximum absolute atomic E-state index is 10.1. The molecule has 2 rings (SSSR count). The zero-order valence-electron chi connectivity index (χ0n) is 12.5. The minimum atomic E-state index is -0.467. The molecule has 118 valence electrons. The van der Waals surface area contributed by atoms with Crippen molar-refractivity contribution in [2.45, 2.75) is 31.6 Å². The monoisotopic (exact) mass is 313 g/mol. The molecule has 1 aromatic rings. The Morgan fingerprint density at radius 3 is 2.67 bits per heavy atom. The summed E-state index contributed by atoms with van der Waals surface area (Å²) < 4.78 is 10.9. The van der Waals surface area contributed by atoms with Gasteiger partial charge in [-0.1, -0.05) is 23.7 Å². The summed E-state index contributed by atoms with van der Waals surface area (Å²) in [6.45, 7) is 3.10. The van der Waals surface area contributed by atoms with Gasteiger partial charge in [-0.15, -0.1) is 0 Å². The van der Waals surface area contributed by atoms with Crippen LogP contribution in [0.3, 0.4) is 0 Å². The molecule has 1 aliphatic rings. The van der Waals surface area contributed by atoms with E-state index in [0.717, 1.165) is 36.6 Å². The molecule has 0 aromatic heterocycles. The van der Waals surface area contributed by atoms with E-state index in [1.807, 2.05) is 24.3 Å². The Hall–Kier alpha value is -0.650. The third kappa shape index (κ3) is 5.93. The highest BCUT2D eigenvalue weighted by Crippen LogP contribution is 2.13. The molecule has 1 atom stereocenters. The minimum Gasteiger partial charge on any atom is -0.389 e. The van der Waals surface area contributed by atoms with Gasteiger partial charge in [0, 0.05) is 30.8 Å². The number of aliphatic hydroxyl groups excluding tert-OH is 1. The average Bonchev–Trinajstić information content (AvgIpc) is 2.50. The van der Waals surface area contributed by atoms with Crippen LogP contribution < -0.4 is 0 Å². The van der Waals surface area contributed by atoms with Gasteiger partial charge >= 0.3 is 0 Å². The molecular weight excluding hydrogens is 290 g/mol. The summed E-state index contributed by atoms with van der Waals surface area (Å²) in [5, 5.41) is 10.8. The molecule has 1 N–H and O–H groups in total. The van der Waals surface area contributed by atoms with E-state index in [2.05, 4.69) is 11.9 Å². The van der Waals surface area contributed by atoms with Gasteiger partial charge in [0.1, 0.15) is 0 Å². The molecule has 0 aliphatic carbocycles. The van der Waals surface area contributed by atoms with E-state index in [4.69, 9.17) is 21.1 Å². The molecule has 0 bridgehead atoms. The summed E-state index contributed by atoms with van der Waals surface area (Å²) in [5.41, 5.74) is 1.06. The molecule has 1 unspecified atom stereocenters. The predicted octanol–water partition coefficient (Wildman–Crippen LogP) is 2.33. The van der Waals surface area contributed by atoms with Crippen LogP contribution in [-0.2, 0) is 16.1 Å². The molecule has 5 heteroatoms. The highest BCUT2D eigenvalue weighted by Gasteiger charge is 2.20. The quantitative estimate of drug-likeness (QED) is 0.839. The number of aliphatic hydroxyl groups is 1. The summed E-state index contributed by atoms with van der Waals surface area (Å²) in [7, 11) is 2.05. The third-order valence-electron chi connectivity index (χ3n) is 3.81. The van der Waals surface area contributed by atoms with Gasteiger partial charge in [-0.2, -0.15) is 0 Å². The van der Waals surface area contributed by atoms with Crippen LogP contribution in [0.15, 0.2) is 24.3 Å². The van der Waals surface area contributed by atoms with Gasteiger partial charge in [0.25, 0.3) is 0 Å². The zero-order valence-corrected chi connectivity index (χ0v) is 13.3. The van der Waals surface area contributed by atoms with Gasteiger partial charge in [-0.05, 0) is 37.6 Å². The number of benzene rings is 1. The van der Waals surface area contributed by atoms with Crippen molar-refractivity contribution in [3.63, 3.8) is 0 Å². The molecule has 1 aliphatic heterocycles. The topological polar surface area (TPSA) is 41.9 Å². The van der Waals surface area contributed by atoms with E-state index >= 15 is 0 Å². The smallest absolute Gasteiger partial charge is 0.0900 e. The van der Waals surface area contributed by atoms with Crippen LogP contribution in [0.4, 0.5) is 0 Å². The van der Waals surface area contributed by atoms with E-state index in [-0.39, 0.29) is 0 Å². The first kappa shape index (κ1) is 16.7. The highest BCUT2D eigenvalue weighted by molar-refractivity contribution is 6.30. The van der Waals surface area contributed by atoms with Crippen molar-refractivity contribution in [2.75, 3.05) is 33.4 Å². The molecule has 0 amide bonds. The second-order valence-electron chi connectivity index (χ2n) is 5.58. The number of hydrogen-bond acceptors (Lipinski definition) is 4. The summed E-state index contributed by atoms with van der Waals surface area (Å²) in [6, 6.07) is 8.06. The highest BCUT2D eigenvalue weighted by atomic mass is 35.5. The van der Waals surface area contributed by atoms with Gasteiger partial charge in [0.05, 0.1) is 19.3 Å². The van der Waals surface area contributed by atoms with Gasteiger partial charge in [0.2, 0.25) is 0 Å². The first-order chi connectivity index (χ1) is 10.1. The van der Waals surface area contributed by atoms with Crippen LogP contribution in [0, 0.1) is 0 Å². The molecule has 1 saturated heterocycles. The lowest BCUT2D eigenvalue weighted by atomic mass is 10.1. The largest absolute Gasteiger partial charge is 0.389 e. The molecule has 4 nitrogen and oxygen atoms in total. The normalized spacial score (nSPS) is 18.1. The van der Waals surface area contributed by atoms with Gasteiger partial charge in [0.15, 0.2) is 0 Å². The van der Waals surface area contributed by atoms with Crippen molar-refractivity contribution >= 4 is 11.6 Å². The number of halogens is 1. The van der Waals surface area contributed by atoms with Crippen molar-refractivity contribution in [3.8, 4) is 0 Å². The van der Waals surface area contributed by atoms with Crippen LogP contribution >= 0.6 is 11.6 Å². The Kier molecular flexibility index (Phi) is 6.93. The molecule has 1 heterocycles. The molecular formula is C16H24ClNO3. The predicted molar refractivity (Wildman–Crippen MR) is 83.6 cm³/mol. The van der Waals surface area contributed by atoms with E-state index in [0.29, 0.717) is 25.8 Å². The molecule has 1 fully saturated rings. The van der Waals surface area contributed by atoms with Crippen LogP contribution in [0.2, 0.25) is 5.02 Å². The standard InChI is InChI=1S/C16H24ClNO3/c1-18(15-6-8-20-9-7-15)10-16(19)12-21-11-13-2-4-14(17)5-3-13/h2-5,15-16,19H,6-12H2,1H3. The fourth-order valence-corrected chi connectivity index (χ4v) is 2.68. The van der Waals surface area contributed by atoms with Crippen LogP contribution in [0.5, 0.6) is 0 Å². The van der Waals surface area contributed by atoms with Crippen molar-refractivity contribution in [3.05, 3.63) is 34.9 Å².